The molecule has 0 bridgehead atoms. The lowest BCUT2D eigenvalue weighted by atomic mass is 10.1. The standard InChI is InChI=1S/C23H18N4O5S2/c28-20(29)10-5-11-25-22(30)19(34-23(25)33)13-16-14-26(17-7-2-1-3-8-17)24-21(16)15-6-4-9-18(12-15)27(31)32/h1-4,6-9,12-14H,5,10-11H2,(H,28,29). The Labute approximate surface area is 203 Å². The molecular formula is C23H18N4O5S2. The Balaban J connectivity index is 1.73. The van der Waals surface area contributed by atoms with Gasteiger partial charge in [0.25, 0.3) is 11.6 Å². The van der Waals surface area contributed by atoms with Crippen LogP contribution in [0.15, 0.2) is 65.7 Å². The van der Waals surface area contributed by atoms with Crippen LogP contribution in [0.5, 0.6) is 0 Å². The van der Waals surface area contributed by atoms with Gasteiger partial charge < -0.3 is 5.11 Å². The Morgan fingerprint density at radius 1 is 1.21 bits per heavy atom. The quantitative estimate of drug-likeness (QED) is 0.210. The fourth-order valence-electron chi connectivity index (χ4n) is 3.42. The van der Waals surface area contributed by atoms with Gasteiger partial charge in [-0.3, -0.25) is 24.6 Å². The minimum absolute atomic E-state index is 0.0586. The molecule has 1 aliphatic heterocycles. The maximum atomic E-state index is 12.9. The van der Waals surface area contributed by atoms with Crippen LogP contribution in [0.25, 0.3) is 23.0 Å². The number of carboxylic acid groups (broad SMARTS) is 1. The highest BCUT2D eigenvalue weighted by Crippen LogP contribution is 2.35. The molecule has 1 N–H and O–H groups in total. The molecule has 172 valence electrons. The Hall–Kier alpha value is -3.83. The maximum Gasteiger partial charge on any atom is 0.303 e. The number of hydrogen-bond acceptors (Lipinski definition) is 7. The van der Waals surface area contributed by atoms with E-state index in [9.17, 15) is 19.7 Å². The van der Waals surface area contributed by atoms with Crippen LogP contribution in [0.3, 0.4) is 0 Å². The van der Waals surface area contributed by atoms with E-state index in [0.717, 1.165) is 17.4 Å². The summed E-state index contributed by atoms with van der Waals surface area (Å²) < 4.78 is 2.00. The van der Waals surface area contributed by atoms with Crippen molar-refractivity contribution in [3.63, 3.8) is 0 Å². The number of carbonyl (C=O) groups is 2. The number of amides is 1. The van der Waals surface area contributed by atoms with Gasteiger partial charge in [0.2, 0.25) is 0 Å². The zero-order valence-electron chi connectivity index (χ0n) is 17.7. The molecule has 0 atom stereocenters. The highest BCUT2D eigenvalue weighted by Gasteiger charge is 2.32. The molecule has 1 amide bonds. The van der Waals surface area contributed by atoms with Crippen LogP contribution in [0.1, 0.15) is 18.4 Å². The second-order valence-electron chi connectivity index (χ2n) is 7.35. The first-order valence-electron chi connectivity index (χ1n) is 10.2. The first kappa shape index (κ1) is 23.3. The van der Waals surface area contributed by atoms with Crippen molar-refractivity contribution in [2.75, 3.05) is 6.54 Å². The number of hydrogen-bond donors (Lipinski definition) is 1. The average molecular weight is 495 g/mol. The SMILES string of the molecule is O=C(O)CCCN1C(=O)C(=Cc2cn(-c3ccccc3)nc2-c2cccc([N+](=O)[O-])c2)SC1=S. The van der Waals surface area contributed by atoms with Crippen molar-refractivity contribution >= 4 is 51.9 Å². The van der Waals surface area contributed by atoms with Gasteiger partial charge in [-0.15, -0.1) is 0 Å². The van der Waals surface area contributed by atoms with Crippen molar-refractivity contribution < 1.29 is 19.6 Å². The number of non-ortho nitro benzene ring substituents is 1. The number of benzene rings is 2. The van der Waals surface area contributed by atoms with Crippen molar-refractivity contribution in [3.05, 3.63) is 81.4 Å². The van der Waals surface area contributed by atoms with Crippen molar-refractivity contribution in [1.29, 1.82) is 0 Å². The predicted molar refractivity (Wildman–Crippen MR) is 132 cm³/mol. The number of rotatable bonds is 8. The smallest absolute Gasteiger partial charge is 0.303 e. The van der Waals surface area contributed by atoms with Gasteiger partial charge in [0.1, 0.15) is 10.0 Å². The van der Waals surface area contributed by atoms with Crippen LogP contribution < -0.4 is 0 Å². The Morgan fingerprint density at radius 2 is 1.97 bits per heavy atom. The fourth-order valence-corrected chi connectivity index (χ4v) is 4.72. The molecule has 0 spiro atoms. The lowest BCUT2D eigenvalue weighted by molar-refractivity contribution is -0.384. The van der Waals surface area contributed by atoms with E-state index in [4.69, 9.17) is 17.3 Å². The van der Waals surface area contributed by atoms with Gasteiger partial charge in [0.15, 0.2) is 0 Å². The van der Waals surface area contributed by atoms with E-state index in [1.54, 1.807) is 29.1 Å². The van der Waals surface area contributed by atoms with Crippen molar-refractivity contribution in [2.24, 2.45) is 0 Å². The van der Waals surface area contributed by atoms with E-state index in [2.05, 4.69) is 5.10 Å². The highest BCUT2D eigenvalue weighted by molar-refractivity contribution is 8.26. The molecule has 9 nitrogen and oxygen atoms in total. The molecule has 1 aromatic heterocycles. The second-order valence-corrected chi connectivity index (χ2v) is 9.03. The zero-order valence-corrected chi connectivity index (χ0v) is 19.3. The number of carbonyl (C=O) groups excluding carboxylic acids is 1. The lowest BCUT2D eigenvalue weighted by Gasteiger charge is -2.13. The molecule has 0 saturated carbocycles. The maximum absolute atomic E-state index is 12.9. The van der Waals surface area contributed by atoms with Crippen LogP contribution in [0.4, 0.5) is 5.69 Å². The molecule has 4 rings (SSSR count). The number of aliphatic carboxylic acids is 1. The second kappa shape index (κ2) is 9.98. The minimum atomic E-state index is -0.934. The first-order chi connectivity index (χ1) is 16.3. The van der Waals surface area contributed by atoms with Gasteiger partial charge in [-0.25, -0.2) is 4.68 Å². The summed E-state index contributed by atoms with van der Waals surface area (Å²) in [7, 11) is 0. The molecule has 0 radical (unpaired) electrons. The summed E-state index contributed by atoms with van der Waals surface area (Å²) in [6.45, 7) is 0.218. The number of nitro benzene ring substituents is 1. The zero-order chi connectivity index (χ0) is 24.2. The fraction of sp³-hybridized carbons (Fsp3) is 0.130. The van der Waals surface area contributed by atoms with E-state index >= 15 is 0 Å². The Kier molecular flexibility index (Phi) is 6.85. The highest BCUT2D eigenvalue weighted by atomic mass is 32.2. The number of thiocarbonyl (C=S) groups is 1. The lowest BCUT2D eigenvalue weighted by Crippen LogP contribution is -2.29. The molecule has 1 fully saturated rings. The van der Waals surface area contributed by atoms with E-state index < -0.39 is 10.9 Å². The first-order valence-corrected chi connectivity index (χ1v) is 11.4. The molecule has 3 aromatic rings. The number of thioether (sulfide) groups is 1. The molecule has 11 heteroatoms. The molecule has 2 heterocycles. The summed E-state index contributed by atoms with van der Waals surface area (Å²) >= 11 is 6.46. The number of para-hydroxylation sites is 1. The van der Waals surface area contributed by atoms with Crippen LogP contribution in [-0.4, -0.2) is 47.5 Å². The van der Waals surface area contributed by atoms with Gasteiger partial charge in [-0.2, -0.15) is 5.10 Å². The summed E-state index contributed by atoms with van der Waals surface area (Å²) in [6.07, 6.45) is 3.65. The molecule has 1 saturated heterocycles. The van der Waals surface area contributed by atoms with Gasteiger partial charge >= 0.3 is 5.97 Å². The van der Waals surface area contributed by atoms with Crippen LogP contribution >= 0.6 is 24.0 Å². The topological polar surface area (TPSA) is 119 Å². The predicted octanol–water partition coefficient (Wildman–Crippen LogP) is 4.51. The third kappa shape index (κ3) is 5.05. The van der Waals surface area contributed by atoms with Crippen molar-refractivity contribution in [1.82, 2.24) is 14.7 Å². The number of nitrogens with zero attached hydrogens (tertiary/aromatic N) is 4. The summed E-state index contributed by atoms with van der Waals surface area (Å²) in [5.74, 6) is -1.24. The molecule has 34 heavy (non-hydrogen) atoms. The molecule has 0 unspecified atom stereocenters. The molecule has 2 aromatic carbocycles. The van der Waals surface area contributed by atoms with E-state index in [1.165, 1.54) is 17.0 Å². The van der Waals surface area contributed by atoms with E-state index in [-0.39, 0.29) is 24.6 Å². The van der Waals surface area contributed by atoms with Gasteiger partial charge in [-0.05, 0) is 24.6 Å². The van der Waals surface area contributed by atoms with Crippen molar-refractivity contribution in [3.8, 4) is 16.9 Å². The van der Waals surface area contributed by atoms with Crippen LogP contribution in [-0.2, 0) is 9.59 Å². The van der Waals surface area contributed by atoms with Gasteiger partial charge in [0.05, 0.1) is 15.5 Å². The third-order valence-corrected chi connectivity index (χ3v) is 6.40. The summed E-state index contributed by atoms with van der Waals surface area (Å²) in [5, 5.41) is 24.8. The largest absolute Gasteiger partial charge is 0.481 e. The number of carboxylic acids is 1. The number of nitro groups is 1. The normalized spacial score (nSPS) is 14.7. The summed E-state index contributed by atoms with van der Waals surface area (Å²) in [4.78, 5) is 36.3. The molecule has 0 aliphatic carbocycles. The average Bonchev–Trinajstić information content (AvgIpc) is 3.36. The van der Waals surface area contributed by atoms with Crippen LogP contribution in [0, 0.1) is 10.1 Å². The summed E-state index contributed by atoms with van der Waals surface area (Å²) in [6, 6.07) is 15.5. The Morgan fingerprint density at radius 3 is 2.68 bits per heavy atom. The monoisotopic (exact) mass is 494 g/mol. The van der Waals surface area contributed by atoms with Gasteiger partial charge in [-0.1, -0.05) is 54.3 Å². The van der Waals surface area contributed by atoms with E-state index in [1.807, 2.05) is 30.3 Å². The van der Waals surface area contributed by atoms with Crippen molar-refractivity contribution in [2.45, 2.75) is 12.8 Å². The van der Waals surface area contributed by atoms with Crippen LogP contribution in [0.2, 0.25) is 0 Å². The molecule has 1 aliphatic rings. The van der Waals surface area contributed by atoms with E-state index in [0.29, 0.717) is 32.5 Å². The molecular weight excluding hydrogens is 476 g/mol. The summed E-state index contributed by atoms with van der Waals surface area (Å²) in [5.41, 5.74) is 2.32. The van der Waals surface area contributed by atoms with Gasteiger partial charge in [0, 0.05) is 42.4 Å². The third-order valence-electron chi connectivity index (χ3n) is 5.03. The number of aromatic nitrogens is 2. The Bertz CT molecular complexity index is 1320. The minimum Gasteiger partial charge on any atom is -0.481 e.